The summed E-state index contributed by atoms with van der Waals surface area (Å²) in [6.45, 7) is 6.19. The van der Waals surface area contributed by atoms with Gasteiger partial charge >= 0.3 is 0 Å². The van der Waals surface area contributed by atoms with E-state index in [9.17, 15) is 0 Å². The Bertz CT molecular complexity index is 82.0. The third-order valence-electron chi connectivity index (χ3n) is 1.63. The van der Waals surface area contributed by atoms with Gasteiger partial charge in [-0.2, -0.15) is 0 Å². The van der Waals surface area contributed by atoms with Crippen LogP contribution in [0.25, 0.3) is 0 Å². The molecule has 8 heavy (non-hydrogen) atoms. The van der Waals surface area contributed by atoms with Crippen LogP contribution in [0.2, 0.25) is 0 Å². The normalized spacial score (nSPS) is 27.6. The fourth-order valence-electron chi connectivity index (χ4n) is 1.15. The molecule has 0 heteroatoms. The molecule has 1 atom stereocenters. The fraction of sp³-hybridized carbons (Fsp3) is 0.750. The molecule has 0 nitrogen and oxygen atoms in total. The van der Waals surface area contributed by atoms with Crippen molar-refractivity contribution in [1.82, 2.24) is 0 Å². The van der Waals surface area contributed by atoms with Crippen molar-refractivity contribution in [2.45, 2.75) is 33.6 Å². The Morgan fingerprint density at radius 1 is 1.62 bits per heavy atom. The van der Waals surface area contributed by atoms with E-state index in [1.807, 2.05) is 0 Å². The largest absolute Gasteiger partial charge is 0.0999 e. The molecule has 1 unspecified atom stereocenters. The van der Waals surface area contributed by atoms with Crippen LogP contribution >= 0.6 is 0 Å². The third-order valence-corrected chi connectivity index (χ3v) is 1.63. The molecule has 1 rings (SSSR count). The molecule has 0 aromatic carbocycles. The Morgan fingerprint density at radius 3 is 2.38 bits per heavy atom. The Balaban J connectivity index is 0.000000490. The summed E-state index contributed by atoms with van der Waals surface area (Å²) in [6.07, 6.45) is 3.93. The molecule has 0 saturated heterocycles. The molecule has 0 bridgehead atoms. The van der Waals surface area contributed by atoms with Crippen LogP contribution in [0.1, 0.15) is 33.6 Å². The summed E-state index contributed by atoms with van der Waals surface area (Å²) >= 11 is 0. The highest BCUT2D eigenvalue weighted by molar-refractivity contribution is 5.00. The van der Waals surface area contributed by atoms with Gasteiger partial charge in [0.25, 0.3) is 0 Å². The second kappa shape index (κ2) is 2.91. The highest BCUT2D eigenvalue weighted by atomic mass is 14.2. The van der Waals surface area contributed by atoms with Crippen LogP contribution in [0.3, 0.4) is 0 Å². The molecule has 0 radical (unpaired) electrons. The van der Waals surface area contributed by atoms with E-state index in [0.717, 1.165) is 5.92 Å². The van der Waals surface area contributed by atoms with E-state index in [0.29, 0.717) is 0 Å². The molecule has 0 aromatic heterocycles. The van der Waals surface area contributed by atoms with Crippen molar-refractivity contribution in [3.63, 3.8) is 0 Å². The average Bonchev–Trinajstić information content (AvgIpc) is 1.87. The maximum Gasteiger partial charge on any atom is -0.0297 e. The van der Waals surface area contributed by atoms with Crippen LogP contribution in [-0.4, -0.2) is 0 Å². The first-order valence-corrected chi connectivity index (χ1v) is 2.95. The van der Waals surface area contributed by atoms with E-state index in [1.165, 1.54) is 24.8 Å². The molecular weight excluding hydrogens is 96.1 g/mol. The van der Waals surface area contributed by atoms with Gasteiger partial charge in [-0.25, -0.2) is 0 Å². The SMILES string of the molecule is C.C=C1CCC(C)C1. The molecule has 0 amide bonds. The molecule has 0 heterocycles. The van der Waals surface area contributed by atoms with Gasteiger partial charge in [0.2, 0.25) is 0 Å². The number of rotatable bonds is 0. The zero-order chi connectivity index (χ0) is 5.28. The van der Waals surface area contributed by atoms with E-state index in [4.69, 9.17) is 0 Å². The van der Waals surface area contributed by atoms with Crippen LogP contribution in [0, 0.1) is 5.92 Å². The minimum atomic E-state index is 0. The maximum atomic E-state index is 3.90. The van der Waals surface area contributed by atoms with Crippen molar-refractivity contribution in [1.29, 1.82) is 0 Å². The van der Waals surface area contributed by atoms with Crippen molar-refractivity contribution in [2.24, 2.45) is 5.92 Å². The predicted molar refractivity (Wildman–Crippen MR) is 38.9 cm³/mol. The van der Waals surface area contributed by atoms with Gasteiger partial charge in [-0.1, -0.05) is 26.5 Å². The standard InChI is InChI=1S/C7H12.CH4/c1-6-3-4-7(2)5-6;/h7H,1,3-5H2,2H3;1H4. The van der Waals surface area contributed by atoms with Crippen molar-refractivity contribution in [2.75, 3.05) is 0 Å². The van der Waals surface area contributed by atoms with Gasteiger partial charge in [0.05, 0.1) is 0 Å². The van der Waals surface area contributed by atoms with Crippen LogP contribution in [0.5, 0.6) is 0 Å². The topological polar surface area (TPSA) is 0 Å². The second-order valence-electron chi connectivity index (χ2n) is 2.60. The lowest BCUT2D eigenvalue weighted by Crippen LogP contribution is -1.79. The average molecular weight is 112 g/mol. The minimum absolute atomic E-state index is 0. The molecule has 48 valence electrons. The number of hydrogen-bond donors (Lipinski definition) is 0. The summed E-state index contributed by atoms with van der Waals surface area (Å²) in [5.74, 6) is 0.924. The molecule has 1 aliphatic carbocycles. The first-order chi connectivity index (χ1) is 3.29. The third kappa shape index (κ3) is 1.69. The monoisotopic (exact) mass is 112 g/mol. The highest BCUT2D eigenvalue weighted by Crippen LogP contribution is 2.27. The second-order valence-corrected chi connectivity index (χ2v) is 2.60. The van der Waals surface area contributed by atoms with Gasteiger partial charge < -0.3 is 0 Å². The van der Waals surface area contributed by atoms with E-state index in [-0.39, 0.29) is 7.43 Å². The van der Waals surface area contributed by atoms with Crippen LogP contribution in [-0.2, 0) is 0 Å². The molecule has 0 N–H and O–H groups in total. The minimum Gasteiger partial charge on any atom is -0.0999 e. The molecule has 1 fully saturated rings. The lowest BCUT2D eigenvalue weighted by molar-refractivity contribution is 0.620. The molecular formula is C8H16. The van der Waals surface area contributed by atoms with Gasteiger partial charge in [-0.3, -0.25) is 0 Å². The van der Waals surface area contributed by atoms with Gasteiger partial charge in [0.1, 0.15) is 0 Å². The van der Waals surface area contributed by atoms with E-state index in [1.54, 1.807) is 0 Å². The zero-order valence-corrected chi connectivity index (χ0v) is 4.91. The summed E-state index contributed by atoms with van der Waals surface area (Å²) in [7, 11) is 0. The highest BCUT2D eigenvalue weighted by Gasteiger charge is 2.11. The summed E-state index contributed by atoms with van der Waals surface area (Å²) in [5, 5.41) is 0. The summed E-state index contributed by atoms with van der Waals surface area (Å²) in [6, 6.07) is 0. The lowest BCUT2D eigenvalue weighted by Gasteiger charge is -1.92. The number of allylic oxidation sites excluding steroid dienone is 1. The van der Waals surface area contributed by atoms with Crippen molar-refractivity contribution >= 4 is 0 Å². The van der Waals surface area contributed by atoms with Gasteiger partial charge in [-0.15, -0.1) is 0 Å². The first-order valence-electron chi connectivity index (χ1n) is 2.95. The van der Waals surface area contributed by atoms with Crippen molar-refractivity contribution < 1.29 is 0 Å². The first kappa shape index (κ1) is 7.74. The Labute approximate surface area is 52.6 Å². The lowest BCUT2D eigenvalue weighted by atomic mass is 10.1. The Hall–Kier alpha value is -0.260. The van der Waals surface area contributed by atoms with Gasteiger partial charge in [0.15, 0.2) is 0 Å². The van der Waals surface area contributed by atoms with Crippen molar-refractivity contribution in [3.05, 3.63) is 12.2 Å². The Morgan fingerprint density at radius 2 is 2.25 bits per heavy atom. The number of hydrogen-bond acceptors (Lipinski definition) is 0. The molecule has 0 spiro atoms. The maximum absolute atomic E-state index is 3.90. The van der Waals surface area contributed by atoms with E-state index >= 15 is 0 Å². The Kier molecular flexibility index (Phi) is 2.81. The predicted octanol–water partition coefficient (Wildman–Crippen LogP) is 3.00. The molecule has 1 saturated carbocycles. The molecule has 0 aromatic rings. The summed E-state index contributed by atoms with van der Waals surface area (Å²) < 4.78 is 0. The molecule has 1 aliphatic rings. The fourth-order valence-corrected chi connectivity index (χ4v) is 1.15. The smallest absolute Gasteiger partial charge is 0.0297 e. The summed E-state index contributed by atoms with van der Waals surface area (Å²) in [5.41, 5.74) is 1.45. The van der Waals surface area contributed by atoms with E-state index in [2.05, 4.69) is 13.5 Å². The van der Waals surface area contributed by atoms with Gasteiger partial charge in [-0.05, 0) is 25.2 Å². The molecule has 0 aliphatic heterocycles. The zero-order valence-electron chi connectivity index (χ0n) is 4.91. The van der Waals surface area contributed by atoms with Crippen LogP contribution in [0.4, 0.5) is 0 Å². The quantitative estimate of drug-likeness (QED) is 0.422. The van der Waals surface area contributed by atoms with Gasteiger partial charge in [0, 0.05) is 0 Å². The van der Waals surface area contributed by atoms with Crippen LogP contribution < -0.4 is 0 Å². The van der Waals surface area contributed by atoms with E-state index < -0.39 is 0 Å². The van der Waals surface area contributed by atoms with Crippen molar-refractivity contribution in [3.8, 4) is 0 Å². The van der Waals surface area contributed by atoms with Crippen LogP contribution in [0.15, 0.2) is 12.2 Å². The summed E-state index contributed by atoms with van der Waals surface area (Å²) in [4.78, 5) is 0.